The summed E-state index contributed by atoms with van der Waals surface area (Å²) >= 11 is 0. The van der Waals surface area contributed by atoms with Crippen LogP contribution in [0.2, 0.25) is 0 Å². The van der Waals surface area contributed by atoms with E-state index in [0.29, 0.717) is 36.8 Å². The maximum absolute atomic E-state index is 11.9. The van der Waals surface area contributed by atoms with Gasteiger partial charge >= 0.3 is 0 Å². The van der Waals surface area contributed by atoms with E-state index in [1.165, 1.54) is 0 Å². The first-order valence-corrected chi connectivity index (χ1v) is 8.17. The Morgan fingerprint density at radius 1 is 1.12 bits per heavy atom. The molecule has 0 atom stereocenters. The van der Waals surface area contributed by atoms with Crippen LogP contribution in [0.1, 0.15) is 13.3 Å². The zero-order valence-electron chi connectivity index (χ0n) is 14.2. The molecule has 0 bridgehead atoms. The number of nitrogens with one attached hydrogen (secondary N) is 2. The number of carbonyl (C=O) groups excluding carboxylic acids is 1. The van der Waals surface area contributed by atoms with Crippen LogP contribution >= 0.6 is 0 Å². The summed E-state index contributed by atoms with van der Waals surface area (Å²) in [5.74, 6) is 1.78. The van der Waals surface area contributed by atoms with E-state index < -0.39 is 0 Å². The topological polar surface area (TPSA) is 92.7 Å². The lowest BCUT2D eigenvalue weighted by molar-refractivity contribution is -0.118. The Balaban J connectivity index is 1.75. The van der Waals surface area contributed by atoms with Gasteiger partial charge in [-0.15, -0.1) is 0 Å². The molecule has 3 N–H and O–H groups in total. The predicted molar refractivity (Wildman–Crippen MR) is 96.2 cm³/mol. The summed E-state index contributed by atoms with van der Waals surface area (Å²) in [6, 6.07) is 10.6. The standard InChI is InChI=1S/C18H23N3O4/c1-2-24-15-5-7-16(8-6-15)25-13-18(23)21-14-4-9-17(20-12-14)19-10-3-11-22/h4-9,12,22H,2-3,10-11,13H2,1H3,(H,19,20)(H,21,23). The summed E-state index contributed by atoms with van der Waals surface area (Å²) in [4.78, 5) is 16.1. The fraction of sp³-hybridized carbons (Fsp3) is 0.333. The average Bonchev–Trinajstić information content (AvgIpc) is 2.63. The van der Waals surface area contributed by atoms with Crippen LogP contribution in [0.25, 0.3) is 0 Å². The summed E-state index contributed by atoms with van der Waals surface area (Å²) in [6.45, 7) is 3.21. The Morgan fingerprint density at radius 2 is 1.84 bits per heavy atom. The first kappa shape index (κ1) is 18.5. The van der Waals surface area contributed by atoms with Crippen molar-refractivity contribution < 1.29 is 19.4 Å². The van der Waals surface area contributed by atoms with Gasteiger partial charge in [0.15, 0.2) is 6.61 Å². The van der Waals surface area contributed by atoms with Crippen LogP contribution < -0.4 is 20.1 Å². The quantitative estimate of drug-likeness (QED) is 0.572. The van der Waals surface area contributed by atoms with E-state index in [4.69, 9.17) is 14.6 Å². The number of amides is 1. The molecule has 25 heavy (non-hydrogen) atoms. The molecule has 1 amide bonds. The van der Waals surface area contributed by atoms with Crippen LogP contribution in [-0.4, -0.2) is 42.4 Å². The fourth-order valence-corrected chi connectivity index (χ4v) is 2.01. The highest BCUT2D eigenvalue weighted by Gasteiger charge is 2.05. The van der Waals surface area contributed by atoms with Gasteiger partial charge in [-0.05, 0) is 49.7 Å². The normalized spacial score (nSPS) is 10.2. The van der Waals surface area contributed by atoms with Crippen molar-refractivity contribution in [1.29, 1.82) is 0 Å². The summed E-state index contributed by atoms with van der Waals surface area (Å²) in [6.07, 6.45) is 2.22. The molecular formula is C18H23N3O4. The van der Waals surface area contributed by atoms with E-state index in [-0.39, 0.29) is 19.1 Å². The molecular weight excluding hydrogens is 322 g/mol. The van der Waals surface area contributed by atoms with E-state index >= 15 is 0 Å². The number of hydrogen-bond donors (Lipinski definition) is 3. The van der Waals surface area contributed by atoms with Gasteiger partial charge in [-0.1, -0.05) is 0 Å². The SMILES string of the molecule is CCOc1ccc(OCC(=O)Nc2ccc(NCCCO)nc2)cc1. The van der Waals surface area contributed by atoms with Crippen molar-refractivity contribution in [1.82, 2.24) is 4.98 Å². The number of pyridine rings is 1. The highest BCUT2D eigenvalue weighted by molar-refractivity contribution is 5.91. The molecule has 2 rings (SSSR count). The molecule has 0 radical (unpaired) electrons. The molecule has 0 spiro atoms. The third-order valence-electron chi connectivity index (χ3n) is 3.19. The Labute approximate surface area is 147 Å². The Morgan fingerprint density at radius 3 is 2.44 bits per heavy atom. The van der Waals surface area contributed by atoms with E-state index in [0.717, 1.165) is 5.75 Å². The molecule has 7 heteroatoms. The van der Waals surface area contributed by atoms with Crippen molar-refractivity contribution in [2.24, 2.45) is 0 Å². The third kappa shape index (κ3) is 6.68. The molecule has 1 aromatic carbocycles. The lowest BCUT2D eigenvalue weighted by Gasteiger charge is -2.09. The van der Waals surface area contributed by atoms with Crippen LogP contribution in [0.4, 0.5) is 11.5 Å². The molecule has 1 heterocycles. The second kappa shape index (κ2) is 10.1. The van der Waals surface area contributed by atoms with Crippen molar-refractivity contribution in [3.8, 4) is 11.5 Å². The summed E-state index contributed by atoms with van der Waals surface area (Å²) in [5.41, 5.74) is 0.591. The maximum Gasteiger partial charge on any atom is 0.262 e. The van der Waals surface area contributed by atoms with Gasteiger partial charge in [-0.2, -0.15) is 0 Å². The molecule has 0 unspecified atom stereocenters. The number of ether oxygens (including phenoxy) is 2. The zero-order chi connectivity index (χ0) is 17.9. The van der Waals surface area contributed by atoms with E-state index in [2.05, 4.69) is 15.6 Å². The number of anilines is 2. The minimum Gasteiger partial charge on any atom is -0.494 e. The number of aliphatic hydroxyl groups excluding tert-OH is 1. The fourth-order valence-electron chi connectivity index (χ4n) is 2.01. The molecule has 134 valence electrons. The number of rotatable bonds is 10. The first-order valence-electron chi connectivity index (χ1n) is 8.17. The van der Waals surface area contributed by atoms with E-state index in [9.17, 15) is 4.79 Å². The number of hydrogen-bond acceptors (Lipinski definition) is 6. The smallest absolute Gasteiger partial charge is 0.262 e. The highest BCUT2D eigenvalue weighted by Crippen LogP contribution is 2.17. The molecule has 7 nitrogen and oxygen atoms in total. The lowest BCUT2D eigenvalue weighted by atomic mass is 10.3. The second-order valence-corrected chi connectivity index (χ2v) is 5.18. The van der Waals surface area contributed by atoms with Gasteiger partial charge in [-0.3, -0.25) is 4.79 Å². The van der Waals surface area contributed by atoms with Crippen molar-refractivity contribution in [2.75, 3.05) is 37.0 Å². The molecule has 0 saturated carbocycles. The van der Waals surface area contributed by atoms with Crippen LogP contribution in [0, 0.1) is 0 Å². The van der Waals surface area contributed by atoms with Gasteiger partial charge < -0.3 is 25.2 Å². The summed E-state index contributed by atoms with van der Waals surface area (Å²) < 4.78 is 10.8. The lowest BCUT2D eigenvalue weighted by Crippen LogP contribution is -2.20. The minimum absolute atomic E-state index is 0.0928. The molecule has 2 aromatic rings. The molecule has 0 aliphatic carbocycles. The zero-order valence-corrected chi connectivity index (χ0v) is 14.2. The van der Waals surface area contributed by atoms with Crippen molar-refractivity contribution in [2.45, 2.75) is 13.3 Å². The van der Waals surface area contributed by atoms with Crippen molar-refractivity contribution in [3.05, 3.63) is 42.6 Å². The second-order valence-electron chi connectivity index (χ2n) is 5.18. The van der Waals surface area contributed by atoms with Gasteiger partial charge in [0, 0.05) is 13.2 Å². The highest BCUT2D eigenvalue weighted by atomic mass is 16.5. The number of nitrogens with zero attached hydrogens (tertiary/aromatic N) is 1. The van der Waals surface area contributed by atoms with Gasteiger partial charge in [-0.25, -0.2) is 4.98 Å². The van der Waals surface area contributed by atoms with E-state index in [1.54, 1.807) is 42.6 Å². The van der Waals surface area contributed by atoms with Crippen LogP contribution in [0.5, 0.6) is 11.5 Å². The van der Waals surface area contributed by atoms with E-state index in [1.807, 2.05) is 6.92 Å². The van der Waals surface area contributed by atoms with Crippen molar-refractivity contribution >= 4 is 17.4 Å². The predicted octanol–water partition coefficient (Wildman–Crippen LogP) is 2.29. The Bertz CT molecular complexity index is 644. The molecule has 0 fully saturated rings. The molecule has 0 aliphatic rings. The summed E-state index contributed by atoms with van der Waals surface area (Å²) in [5, 5.41) is 14.5. The van der Waals surface area contributed by atoms with Crippen LogP contribution in [0.15, 0.2) is 42.6 Å². The summed E-state index contributed by atoms with van der Waals surface area (Å²) in [7, 11) is 0. The number of carbonyl (C=O) groups is 1. The van der Waals surface area contributed by atoms with Crippen LogP contribution in [0.3, 0.4) is 0 Å². The van der Waals surface area contributed by atoms with Crippen molar-refractivity contribution in [3.63, 3.8) is 0 Å². The minimum atomic E-state index is -0.267. The van der Waals surface area contributed by atoms with Gasteiger partial charge in [0.05, 0.1) is 18.5 Å². The Kier molecular flexibility index (Phi) is 7.52. The van der Waals surface area contributed by atoms with Gasteiger partial charge in [0.25, 0.3) is 5.91 Å². The first-order chi connectivity index (χ1) is 12.2. The number of benzene rings is 1. The molecule has 0 aliphatic heterocycles. The monoisotopic (exact) mass is 345 g/mol. The molecule has 1 aromatic heterocycles. The average molecular weight is 345 g/mol. The number of aliphatic hydroxyl groups is 1. The third-order valence-corrected chi connectivity index (χ3v) is 3.19. The Hall–Kier alpha value is -2.80. The van der Waals surface area contributed by atoms with Gasteiger partial charge in [0.2, 0.25) is 0 Å². The van der Waals surface area contributed by atoms with Crippen LogP contribution in [-0.2, 0) is 4.79 Å². The van der Waals surface area contributed by atoms with Gasteiger partial charge in [0.1, 0.15) is 17.3 Å². The maximum atomic E-state index is 11.9. The number of aromatic nitrogens is 1. The molecule has 0 saturated heterocycles. The largest absolute Gasteiger partial charge is 0.494 e.